The Bertz CT molecular complexity index is 346. The zero-order valence-electron chi connectivity index (χ0n) is 9.95. The van der Waals surface area contributed by atoms with Crippen LogP contribution in [0.4, 0.5) is 0 Å². The second-order valence-corrected chi connectivity index (χ2v) is 4.09. The standard InChI is InChI=1S/C13H19NO2/c1-15-12-8-5-6-10(13(12)16-2)11-7-3-4-9-14-11/h5-6,8,11,14H,3-4,7,9H2,1-2H3/t11-/m1/s1. The summed E-state index contributed by atoms with van der Waals surface area (Å²) in [5.41, 5.74) is 1.21. The molecule has 0 aliphatic carbocycles. The Morgan fingerprint density at radius 3 is 2.69 bits per heavy atom. The third kappa shape index (κ3) is 2.14. The van der Waals surface area contributed by atoms with Crippen molar-refractivity contribution < 1.29 is 9.47 Å². The minimum atomic E-state index is 0.402. The molecule has 88 valence electrons. The van der Waals surface area contributed by atoms with Crippen molar-refractivity contribution in [3.05, 3.63) is 23.8 Å². The van der Waals surface area contributed by atoms with E-state index in [-0.39, 0.29) is 0 Å². The van der Waals surface area contributed by atoms with E-state index in [0.29, 0.717) is 6.04 Å². The lowest BCUT2D eigenvalue weighted by Crippen LogP contribution is -2.27. The van der Waals surface area contributed by atoms with Gasteiger partial charge in [0.2, 0.25) is 0 Å². The van der Waals surface area contributed by atoms with Gasteiger partial charge in [-0.2, -0.15) is 0 Å². The van der Waals surface area contributed by atoms with Crippen molar-refractivity contribution >= 4 is 0 Å². The molecule has 0 spiro atoms. The molecule has 2 rings (SSSR count). The van der Waals surface area contributed by atoms with E-state index in [2.05, 4.69) is 11.4 Å². The molecule has 1 atom stereocenters. The summed E-state index contributed by atoms with van der Waals surface area (Å²) >= 11 is 0. The van der Waals surface area contributed by atoms with Crippen LogP contribution < -0.4 is 14.8 Å². The molecule has 0 aromatic heterocycles. The molecule has 0 amide bonds. The first kappa shape index (κ1) is 11.3. The lowest BCUT2D eigenvalue weighted by molar-refractivity contribution is 0.338. The molecule has 0 bridgehead atoms. The second kappa shape index (κ2) is 5.21. The van der Waals surface area contributed by atoms with Crippen LogP contribution in [0.5, 0.6) is 11.5 Å². The molecule has 16 heavy (non-hydrogen) atoms. The lowest BCUT2D eigenvalue weighted by atomic mass is 9.96. The first-order valence-electron chi connectivity index (χ1n) is 5.81. The highest BCUT2D eigenvalue weighted by Crippen LogP contribution is 2.37. The summed E-state index contributed by atoms with van der Waals surface area (Å²) in [5, 5.41) is 3.53. The minimum Gasteiger partial charge on any atom is -0.493 e. The Labute approximate surface area is 96.8 Å². The van der Waals surface area contributed by atoms with Gasteiger partial charge in [0.1, 0.15) is 0 Å². The molecule has 1 aromatic rings. The summed E-state index contributed by atoms with van der Waals surface area (Å²) in [6.45, 7) is 1.09. The van der Waals surface area contributed by atoms with Gasteiger partial charge < -0.3 is 14.8 Å². The topological polar surface area (TPSA) is 30.5 Å². The van der Waals surface area contributed by atoms with Gasteiger partial charge in [-0.25, -0.2) is 0 Å². The highest BCUT2D eigenvalue weighted by atomic mass is 16.5. The van der Waals surface area contributed by atoms with Crippen molar-refractivity contribution in [1.82, 2.24) is 5.32 Å². The molecular weight excluding hydrogens is 202 g/mol. The fraction of sp³-hybridized carbons (Fsp3) is 0.538. The molecule has 1 N–H and O–H groups in total. The van der Waals surface area contributed by atoms with Gasteiger partial charge in [-0.1, -0.05) is 18.6 Å². The van der Waals surface area contributed by atoms with Crippen LogP contribution in [-0.2, 0) is 0 Å². The van der Waals surface area contributed by atoms with Crippen LogP contribution in [0.2, 0.25) is 0 Å². The number of piperidine rings is 1. The number of rotatable bonds is 3. The van der Waals surface area contributed by atoms with Gasteiger partial charge in [0.05, 0.1) is 14.2 Å². The number of benzene rings is 1. The molecule has 1 saturated heterocycles. The molecule has 3 heteroatoms. The molecule has 1 aliphatic heterocycles. The number of hydrogen-bond acceptors (Lipinski definition) is 3. The first-order valence-corrected chi connectivity index (χ1v) is 5.81. The van der Waals surface area contributed by atoms with E-state index in [4.69, 9.17) is 9.47 Å². The number of ether oxygens (including phenoxy) is 2. The number of hydrogen-bond donors (Lipinski definition) is 1. The van der Waals surface area contributed by atoms with E-state index in [1.165, 1.54) is 24.8 Å². The fourth-order valence-corrected chi connectivity index (χ4v) is 2.30. The smallest absolute Gasteiger partial charge is 0.165 e. The van der Waals surface area contributed by atoms with Crippen molar-refractivity contribution in [1.29, 1.82) is 0 Å². The Morgan fingerprint density at radius 2 is 2.06 bits per heavy atom. The summed E-state index contributed by atoms with van der Waals surface area (Å²) in [4.78, 5) is 0. The van der Waals surface area contributed by atoms with Crippen molar-refractivity contribution in [2.45, 2.75) is 25.3 Å². The van der Waals surface area contributed by atoms with E-state index >= 15 is 0 Å². The van der Waals surface area contributed by atoms with Crippen molar-refractivity contribution in [3.63, 3.8) is 0 Å². The monoisotopic (exact) mass is 221 g/mol. The molecule has 0 radical (unpaired) electrons. The largest absolute Gasteiger partial charge is 0.493 e. The molecule has 1 fully saturated rings. The Kier molecular flexibility index (Phi) is 3.67. The van der Waals surface area contributed by atoms with Crippen molar-refractivity contribution in [2.75, 3.05) is 20.8 Å². The van der Waals surface area contributed by atoms with E-state index < -0.39 is 0 Å². The molecule has 1 aliphatic rings. The van der Waals surface area contributed by atoms with Crippen LogP contribution in [0.25, 0.3) is 0 Å². The van der Waals surface area contributed by atoms with Gasteiger partial charge in [0.15, 0.2) is 11.5 Å². The van der Waals surface area contributed by atoms with Crippen LogP contribution in [0.1, 0.15) is 30.9 Å². The molecule has 1 heterocycles. The van der Waals surface area contributed by atoms with Gasteiger partial charge in [0, 0.05) is 11.6 Å². The quantitative estimate of drug-likeness (QED) is 0.850. The zero-order valence-corrected chi connectivity index (χ0v) is 9.95. The van der Waals surface area contributed by atoms with Gasteiger partial charge >= 0.3 is 0 Å². The molecular formula is C13H19NO2. The SMILES string of the molecule is COc1cccc([C@H]2CCCCN2)c1OC. The van der Waals surface area contributed by atoms with Gasteiger partial charge in [-0.05, 0) is 25.5 Å². The van der Waals surface area contributed by atoms with Crippen molar-refractivity contribution in [3.8, 4) is 11.5 Å². The molecule has 3 nitrogen and oxygen atoms in total. The Morgan fingerprint density at radius 1 is 1.19 bits per heavy atom. The molecule has 0 saturated carbocycles. The third-order valence-corrected chi connectivity index (χ3v) is 3.12. The number of methoxy groups -OCH3 is 2. The number of para-hydroxylation sites is 1. The lowest BCUT2D eigenvalue weighted by Gasteiger charge is -2.25. The summed E-state index contributed by atoms with van der Waals surface area (Å²) in [7, 11) is 3.38. The fourth-order valence-electron chi connectivity index (χ4n) is 2.30. The van der Waals surface area contributed by atoms with Crippen LogP contribution in [0, 0.1) is 0 Å². The first-order chi connectivity index (χ1) is 7.86. The Hall–Kier alpha value is -1.22. The van der Waals surface area contributed by atoms with Crippen LogP contribution >= 0.6 is 0 Å². The third-order valence-electron chi connectivity index (χ3n) is 3.12. The summed E-state index contributed by atoms with van der Waals surface area (Å²) in [5.74, 6) is 1.68. The second-order valence-electron chi connectivity index (χ2n) is 4.09. The summed E-state index contributed by atoms with van der Waals surface area (Å²) in [6, 6.07) is 6.47. The Balaban J connectivity index is 2.30. The average Bonchev–Trinajstić information content (AvgIpc) is 2.38. The number of nitrogens with one attached hydrogen (secondary N) is 1. The summed E-state index contributed by atoms with van der Waals surface area (Å²) < 4.78 is 10.8. The molecule has 0 unspecified atom stereocenters. The van der Waals surface area contributed by atoms with Gasteiger partial charge in [-0.15, -0.1) is 0 Å². The minimum absolute atomic E-state index is 0.402. The summed E-state index contributed by atoms with van der Waals surface area (Å²) in [6.07, 6.45) is 3.71. The maximum absolute atomic E-state index is 5.46. The van der Waals surface area contributed by atoms with E-state index in [1.54, 1.807) is 14.2 Å². The average molecular weight is 221 g/mol. The van der Waals surface area contributed by atoms with Crippen LogP contribution in [-0.4, -0.2) is 20.8 Å². The van der Waals surface area contributed by atoms with E-state index in [9.17, 15) is 0 Å². The highest BCUT2D eigenvalue weighted by molar-refractivity contribution is 5.48. The molecule has 1 aromatic carbocycles. The van der Waals surface area contributed by atoms with Crippen LogP contribution in [0.15, 0.2) is 18.2 Å². The van der Waals surface area contributed by atoms with E-state index in [1.807, 2.05) is 12.1 Å². The maximum atomic E-state index is 5.46. The predicted octanol–water partition coefficient (Wildman–Crippen LogP) is 2.52. The normalized spacial score (nSPS) is 20.5. The van der Waals surface area contributed by atoms with Crippen molar-refractivity contribution in [2.24, 2.45) is 0 Å². The maximum Gasteiger partial charge on any atom is 0.165 e. The van der Waals surface area contributed by atoms with Crippen LogP contribution in [0.3, 0.4) is 0 Å². The zero-order chi connectivity index (χ0) is 11.4. The van der Waals surface area contributed by atoms with E-state index in [0.717, 1.165) is 18.0 Å². The van der Waals surface area contributed by atoms with Gasteiger partial charge in [0.25, 0.3) is 0 Å². The highest BCUT2D eigenvalue weighted by Gasteiger charge is 2.20. The van der Waals surface area contributed by atoms with Gasteiger partial charge in [-0.3, -0.25) is 0 Å². The predicted molar refractivity (Wildman–Crippen MR) is 64.1 cm³/mol.